The summed E-state index contributed by atoms with van der Waals surface area (Å²) < 4.78 is 5.28. The van der Waals surface area contributed by atoms with Crippen molar-refractivity contribution in [2.24, 2.45) is 0 Å². The fourth-order valence-electron chi connectivity index (χ4n) is 2.80. The molecule has 0 fully saturated rings. The molecule has 1 heterocycles. The van der Waals surface area contributed by atoms with E-state index in [1.807, 2.05) is 18.2 Å². The summed E-state index contributed by atoms with van der Waals surface area (Å²) >= 11 is 0. The molecule has 2 N–H and O–H groups in total. The second-order valence-corrected chi connectivity index (χ2v) is 5.34. The summed E-state index contributed by atoms with van der Waals surface area (Å²) in [5.41, 5.74) is 10.8. The first-order valence-electron chi connectivity index (χ1n) is 6.97. The zero-order valence-electron chi connectivity index (χ0n) is 11.8. The highest BCUT2D eigenvalue weighted by molar-refractivity contribution is 5.45. The van der Waals surface area contributed by atoms with E-state index in [2.05, 4.69) is 29.2 Å². The topological polar surface area (TPSA) is 38.5 Å². The molecule has 3 nitrogen and oxygen atoms in total. The number of nitrogens with two attached hydrogens (primary N) is 1. The van der Waals surface area contributed by atoms with Gasteiger partial charge in [0.05, 0.1) is 7.11 Å². The third-order valence-electron chi connectivity index (χ3n) is 3.86. The van der Waals surface area contributed by atoms with Crippen molar-refractivity contribution >= 4 is 5.69 Å². The van der Waals surface area contributed by atoms with Crippen LogP contribution >= 0.6 is 0 Å². The first-order chi connectivity index (χ1) is 9.74. The molecule has 3 rings (SSSR count). The Balaban J connectivity index is 1.73. The number of hydrogen-bond acceptors (Lipinski definition) is 3. The number of ether oxygens (including phenoxy) is 1. The van der Waals surface area contributed by atoms with Crippen LogP contribution in [0.2, 0.25) is 0 Å². The fraction of sp³-hybridized carbons (Fsp3) is 0.294. The van der Waals surface area contributed by atoms with Crippen LogP contribution in [0, 0.1) is 0 Å². The van der Waals surface area contributed by atoms with Crippen molar-refractivity contribution in [2.45, 2.75) is 19.5 Å². The highest BCUT2D eigenvalue weighted by Crippen LogP contribution is 2.23. The van der Waals surface area contributed by atoms with Crippen LogP contribution in [0.3, 0.4) is 0 Å². The molecule has 0 aliphatic carbocycles. The van der Waals surface area contributed by atoms with Crippen LogP contribution in [0.15, 0.2) is 42.5 Å². The van der Waals surface area contributed by atoms with Gasteiger partial charge in [-0.2, -0.15) is 0 Å². The Bertz CT molecular complexity index is 610. The summed E-state index contributed by atoms with van der Waals surface area (Å²) in [6, 6.07) is 14.5. The minimum atomic E-state index is 0.854. The molecule has 0 spiro atoms. The molecule has 3 heteroatoms. The van der Waals surface area contributed by atoms with Gasteiger partial charge in [-0.15, -0.1) is 0 Å². The molecule has 1 aliphatic rings. The van der Waals surface area contributed by atoms with Crippen molar-refractivity contribution in [3.8, 4) is 5.75 Å². The number of rotatable bonds is 3. The maximum Gasteiger partial charge on any atom is 0.119 e. The van der Waals surface area contributed by atoms with Gasteiger partial charge in [-0.25, -0.2) is 0 Å². The van der Waals surface area contributed by atoms with Crippen LogP contribution < -0.4 is 10.5 Å². The minimum absolute atomic E-state index is 0.854. The molecule has 0 atom stereocenters. The predicted octanol–water partition coefficient (Wildman–Crippen LogP) is 2.84. The van der Waals surface area contributed by atoms with E-state index in [-0.39, 0.29) is 0 Å². The van der Waals surface area contributed by atoms with E-state index in [1.165, 1.54) is 16.7 Å². The molecule has 0 bridgehead atoms. The molecular formula is C17H20N2O. The summed E-state index contributed by atoms with van der Waals surface area (Å²) in [7, 11) is 1.71. The molecule has 0 saturated heterocycles. The van der Waals surface area contributed by atoms with Gasteiger partial charge < -0.3 is 10.5 Å². The second-order valence-electron chi connectivity index (χ2n) is 5.34. The Morgan fingerprint density at radius 2 is 2.05 bits per heavy atom. The van der Waals surface area contributed by atoms with Gasteiger partial charge in [-0.1, -0.05) is 18.2 Å². The number of hydrogen-bond donors (Lipinski definition) is 1. The third kappa shape index (κ3) is 2.78. The molecule has 2 aromatic rings. The van der Waals surface area contributed by atoms with Crippen LogP contribution in [0.1, 0.15) is 16.7 Å². The van der Waals surface area contributed by atoms with Crippen LogP contribution in [0.4, 0.5) is 5.69 Å². The van der Waals surface area contributed by atoms with Crippen molar-refractivity contribution in [1.29, 1.82) is 0 Å². The number of nitrogens with zero attached hydrogens (tertiary/aromatic N) is 1. The molecule has 0 amide bonds. The molecule has 20 heavy (non-hydrogen) atoms. The van der Waals surface area contributed by atoms with Crippen LogP contribution in [0.25, 0.3) is 0 Å². The standard InChI is InChI=1S/C17H20N2O/c1-20-17-4-2-3-13(9-17)11-19-8-7-14-5-6-16(18)10-15(14)12-19/h2-6,9-10H,7-8,11-12,18H2,1H3. The van der Waals surface area contributed by atoms with E-state index < -0.39 is 0 Å². The molecule has 104 valence electrons. The van der Waals surface area contributed by atoms with Gasteiger partial charge in [0.1, 0.15) is 5.75 Å². The number of nitrogen functional groups attached to an aromatic ring is 1. The first-order valence-corrected chi connectivity index (χ1v) is 6.97. The van der Waals surface area contributed by atoms with Crippen molar-refractivity contribution < 1.29 is 4.74 Å². The van der Waals surface area contributed by atoms with Crippen molar-refractivity contribution in [3.63, 3.8) is 0 Å². The Morgan fingerprint density at radius 3 is 2.90 bits per heavy atom. The first kappa shape index (κ1) is 13.0. The lowest BCUT2D eigenvalue weighted by molar-refractivity contribution is 0.245. The zero-order valence-corrected chi connectivity index (χ0v) is 11.8. The van der Waals surface area contributed by atoms with E-state index in [4.69, 9.17) is 10.5 Å². The Labute approximate surface area is 120 Å². The SMILES string of the molecule is COc1cccc(CN2CCc3ccc(N)cc3C2)c1. The number of fused-ring (bicyclic) bond motifs is 1. The molecule has 1 aliphatic heterocycles. The number of benzene rings is 2. The molecule has 0 radical (unpaired) electrons. The maximum absolute atomic E-state index is 5.88. The summed E-state index contributed by atoms with van der Waals surface area (Å²) in [6.07, 6.45) is 1.10. The van der Waals surface area contributed by atoms with Crippen molar-refractivity contribution in [1.82, 2.24) is 4.90 Å². The highest BCUT2D eigenvalue weighted by Gasteiger charge is 2.16. The largest absolute Gasteiger partial charge is 0.497 e. The molecule has 0 aromatic heterocycles. The predicted molar refractivity (Wildman–Crippen MR) is 81.7 cm³/mol. The summed E-state index contributed by atoms with van der Waals surface area (Å²) in [4.78, 5) is 2.45. The molecule has 2 aromatic carbocycles. The lowest BCUT2D eigenvalue weighted by Crippen LogP contribution is -2.30. The number of anilines is 1. The van der Waals surface area contributed by atoms with E-state index in [9.17, 15) is 0 Å². The smallest absolute Gasteiger partial charge is 0.119 e. The fourth-order valence-corrected chi connectivity index (χ4v) is 2.80. The summed E-state index contributed by atoms with van der Waals surface area (Å²) in [5, 5.41) is 0. The lowest BCUT2D eigenvalue weighted by Gasteiger charge is -2.29. The molecular weight excluding hydrogens is 248 g/mol. The summed E-state index contributed by atoms with van der Waals surface area (Å²) in [6.45, 7) is 3.01. The van der Waals surface area contributed by atoms with Crippen molar-refractivity contribution in [2.75, 3.05) is 19.4 Å². The highest BCUT2D eigenvalue weighted by atomic mass is 16.5. The normalized spacial score (nSPS) is 14.8. The Kier molecular flexibility index (Phi) is 3.61. The lowest BCUT2D eigenvalue weighted by atomic mass is 9.98. The average molecular weight is 268 g/mol. The van der Waals surface area contributed by atoms with Gasteiger partial charge in [0.2, 0.25) is 0 Å². The van der Waals surface area contributed by atoms with E-state index in [0.29, 0.717) is 0 Å². The quantitative estimate of drug-likeness (QED) is 0.870. The van der Waals surface area contributed by atoms with Crippen LogP contribution in [0.5, 0.6) is 5.75 Å². The van der Waals surface area contributed by atoms with Gasteiger partial charge in [0.15, 0.2) is 0 Å². The minimum Gasteiger partial charge on any atom is -0.497 e. The van der Waals surface area contributed by atoms with Gasteiger partial charge in [-0.3, -0.25) is 4.90 Å². The summed E-state index contributed by atoms with van der Waals surface area (Å²) in [5.74, 6) is 0.921. The Hall–Kier alpha value is -2.00. The van der Waals surface area contributed by atoms with E-state index in [0.717, 1.165) is 37.5 Å². The van der Waals surface area contributed by atoms with Crippen molar-refractivity contribution in [3.05, 3.63) is 59.2 Å². The monoisotopic (exact) mass is 268 g/mol. The Morgan fingerprint density at radius 1 is 1.15 bits per heavy atom. The zero-order chi connectivity index (χ0) is 13.9. The number of methoxy groups -OCH3 is 1. The molecule has 0 saturated carbocycles. The van der Waals surface area contributed by atoms with E-state index in [1.54, 1.807) is 7.11 Å². The third-order valence-corrected chi connectivity index (χ3v) is 3.86. The average Bonchev–Trinajstić information content (AvgIpc) is 2.47. The van der Waals surface area contributed by atoms with Gasteiger partial charge in [0.25, 0.3) is 0 Å². The van der Waals surface area contributed by atoms with Crippen LogP contribution in [-0.4, -0.2) is 18.6 Å². The van der Waals surface area contributed by atoms with Gasteiger partial charge >= 0.3 is 0 Å². The van der Waals surface area contributed by atoms with Gasteiger partial charge in [0, 0.05) is 25.3 Å². The molecule has 0 unspecified atom stereocenters. The van der Waals surface area contributed by atoms with E-state index >= 15 is 0 Å². The second kappa shape index (κ2) is 5.55. The maximum atomic E-state index is 5.88. The van der Waals surface area contributed by atoms with Gasteiger partial charge in [-0.05, 0) is 47.4 Å². The van der Waals surface area contributed by atoms with Crippen LogP contribution in [-0.2, 0) is 19.5 Å².